The van der Waals surface area contributed by atoms with E-state index in [0.29, 0.717) is 6.04 Å². The Morgan fingerprint density at radius 3 is 2.95 bits per heavy atom. The number of piperidine rings is 1. The zero-order chi connectivity index (χ0) is 15.3. The van der Waals surface area contributed by atoms with E-state index in [-0.39, 0.29) is 0 Å². The number of nitrogens with zero attached hydrogens (tertiary/aromatic N) is 1. The van der Waals surface area contributed by atoms with Gasteiger partial charge in [0.25, 0.3) is 0 Å². The summed E-state index contributed by atoms with van der Waals surface area (Å²) >= 11 is 6.10. The van der Waals surface area contributed by atoms with Gasteiger partial charge in [-0.3, -0.25) is 0 Å². The summed E-state index contributed by atoms with van der Waals surface area (Å²) in [6, 6.07) is 8.41. The van der Waals surface area contributed by atoms with Crippen molar-refractivity contribution < 1.29 is 5.11 Å². The standard InChI is InChI=1S/C17H27ClN2O/c1-3-19-16(14-6-4-7-15(18)12-14)8-11-20-10-5-9-17(2,21)13-20/h4,6-7,12,16,19,21H,3,5,8-11,13H2,1-2H3. The largest absolute Gasteiger partial charge is 0.389 e. The van der Waals surface area contributed by atoms with Gasteiger partial charge >= 0.3 is 0 Å². The lowest BCUT2D eigenvalue weighted by atomic mass is 9.94. The Labute approximate surface area is 133 Å². The number of hydrogen-bond acceptors (Lipinski definition) is 3. The Hall–Kier alpha value is -0.610. The number of rotatable bonds is 6. The fourth-order valence-electron chi connectivity index (χ4n) is 3.18. The molecule has 1 fully saturated rings. The van der Waals surface area contributed by atoms with Gasteiger partial charge in [-0.05, 0) is 57.0 Å². The Morgan fingerprint density at radius 1 is 1.48 bits per heavy atom. The fraction of sp³-hybridized carbons (Fsp3) is 0.647. The van der Waals surface area contributed by atoms with Crippen molar-refractivity contribution in [1.29, 1.82) is 0 Å². The molecule has 0 bridgehead atoms. The van der Waals surface area contributed by atoms with Crippen molar-refractivity contribution in [3.63, 3.8) is 0 Å². The quantitative estimate of drug-likeness (QED) is 0.847. The van der Waals surface area contributed by atoms with Gasteiger partial charge in [0.15, 0.2) is 0 Å². The fourth-order valence-corrected chi connectivity index (χ4v) is 3.38. The molecule has 0 radical (unpaired) electrons. The first-order chi connectivity index (χ1) is 10.00. The van der Waals surface area contributed by atoms with Crippen molar-refractivity contribution >= 4 is 11.6 Å². The van der Waals surface area contributed by atoms with Crippen LogP contribution in [0.3, 0.4) is 0 Å². The van der Waals surface area contributed by atoms with E-state index >= 15 is 0 Å². The lowest BCUT2D eigenvalue weighted by Crippen LogP contribution is -2.46. The summed E-state index contributed by atoms with van der Waals surface area (Å²) < 4.78 is 0. The maximum Gasteiger partial charge on any atom is 0.0746 e. The van der Waals surface area contributed by atoms with Crippen molar-refractivity contribution in [2.45, 2.75) is 44.8 Å². The van der Waals surface area contributed by atoms with E-state index in [0.717, 1.165) is 50.5 Å². The maximum absolute atomic E-state index is 10.2. The van der Waals surface area contributed by atoms with Gasteiger partial charge in [-0.1, -0.05) is 30.7 Å². The van der Waals surface area contributed by atoms with Crippen LogP contribution in [0.4, 0.5) is 0 Å². The van der Waals surface area contributed by atoms with Crippen molar-refractivity contribution in [3.05, 3.63) is 34.9 Å². The van der Waals surface area contributed by atoms with Gasteiger partial charge < -0.3 is 15.3 Å². The molecule has 1 aliphatic rings. The van der Waals surface area contributed by atoms with Crippen LogP contribution in [0.15, 0.2) is 24.3 Å². The van der Waals surface area contributed by atoms with Crippen LogP contribution in [0.2, 0.25) is 5.02 Å². The average Bonchev–Trinajstić information content (AvgIpc) is 2.42. The molecule has 1 saturated heterocycles. The van der Waals surface area contributed by atoms with E-state index < -0.39 is 5.60 Å². The van der Waals surface area contributed by atoms with Crippen LogP contribution >= 0.6 is 11.6 Å². The summed E-state index contributed by atoms with van der Waals surface area (Å²) in [4.78, 5) is 2.37. The Kier molecular flexibility index (Phi) is 6.06. The molecule has 1 aromatic rings. The van der Waals surface area contributed by atoms with Crippen LogP contribution in [0.5, 0.6) is 0 Å². The second kappa shape index (κ2) is 7.59. The second-order valence-corrected chi connectivity index (χ2v) is 6.77. The van der Waals surface area contributed by atoms with E-state index in [9.17, 15) is 5.11 Å². The maximum atomic E-state index is 10.2. The SMILES string of the molecule is CCNC(CCN1CCCC(C)(O)C1)c1cccc(Cl)c1. The van der Waals surface area contributed by atoms with Gasteiger partial charge in [-0.25, -0.2) is 0 Å². The lowest BCUT2D eigenvalue weighted by molar-refractivity contribution is -0.0163. The molecule has 0 spiro atoms. The van der Waals surface area contributed by atoms with E-state index in [1.165, 1.54) is 5.56 Å². The minimum atomic E-state index is -0.526. The molecule has 4 heteroatoms. The molecule has 2 rings (SSSR count). The van der Waals surface area contributed by atoms with Crippen molar-refractivity contribution in [2.24, 2.45) is 0 Å². The summed E-state index contributed by atoms with van der Waals surface area (Å²) in [5.74, 6) is 0. The zero-order valence-electron chi connectivity index (χ0n) is 13.1. The van der Waals surface area contributed by atoms with Crippen LogP contribution in [0.25, 0.3) is 0 Å². The summed E-state index contributed by atoms with van der Waals surface area (Å²) in [6.07, 6.45) is 3.02. The summed E-state index contributed by atoms with van der Waals surface area (Å²) in [5, 5.41) is 14.5. The molecule has 0 aromatic heterocycles. The molecule has 2 unspecified atom stereocenters. The predicted octanol–water partition coefficient (Wildman–Crippen LogP) is 3.23. The molecule has 0 amide bonds. The first-order valence-corrected chi connectivity index (χ1v) is 8.31. The van der Waals surface area contributed by atoms with E-state index in [1.54, 1.807) is 0 Å². The molecule has 21 heavy (non-hydrogen) atoms. The summed E-state index contributed by atoms with van der Waals surface area (Å²) in [6.45, 7) is 7.88. The minimum Gasteiger partial charge on any atom is -0.389 e. The third-order valence-corrected chi connectivity index (χ3v) is 4.42. The minimum absolute atomic E-state index is 0.320. The highest BCUT2D eigenvalue weighted by atomic mass is 35.5. The van der Waals surface area contributed by atoms with Gasteiger partial charge in [-0.15, -0.1) is 0 Å². The van der Waals surface area contributed by atoms with Crippen molar-refractivity contribution in [2.75, 3.05) is 26.2 Å². The number of halogens is 1. The Balaban J connectivity index is 1.94. The highest BCUT2D eigenvalue weighted by Crippen LogP contribution is 2.24. The van der Waals surface area contributed by atoms with Crippen molar-refractivity contribution in [3.8, 4) is 0 Å². The molecule has 1 heterocycles. The smallest absolute Gasteiger partial charge is 0.0746 e. The van der Waals surface area contributed by atoms with Gasteiger partial charge in [-0.2, -0.15) is 0 Å². The van der Waals surface area contributed by atoms with Crippen LogP contribution in [-0.2, 0) is 0 Å². The molecule has 0 saturated carbocycles. The second-order valence-electron chi connectivity index (χ2n) is 6.33. The highest BCUT2D eigenvalue weighted by molar-refractivity contribution is 6.30. The Morgan fingerprint density at radius 2 is 2.29 bits per heavy atom. The number of hydrogen-bond donors (Lipinski definition) is 2. The predicted molar refractivity (Wildman–Crippen MR) is 88.8 cm³/mol. The zero-order valence-corrected chi connectivity index (χ0v) is 13.9. The summed E-state index contributed by atoms with van der Waals surface area (Å²) in [5.41, 5.74) is 0.718. The average molecular weight is 311 g/mol. The number of benzene rings is 1. The monoisotopic (exact) mass is 310 g/mol. The van der Waals surface area contributed by atoms with Gasteiger partial charge in [0.1, 0.15) is 0 Å². The lowest BCUT2D eigenvalue weighted by Gasteiger charge is -2.37. The molecule has 118 valence electrons. The number of nitrogens with one attached hydrogen (secondary N) is 1. The molecule has 0 aliphatic carbocycles. The third kappa shape index (κ3) is 5.26. The van der Waals surface area contributed by atoms with Crippen LogP contribution < -0.4 is 5.32 Å². The van der Waals surface area contributed by atoms with E-state index in [2.05, 4.69) is 23.2 Å². The normalized spacial score (nSPS) is 25.0. The third-order valence-electron chi connectivity index (χ3n) is 4.19. The molecule has 1 aromatic carbocycles. The van der Waals surface area contributed by atoms with Gasteiger partial charge in [0.2, 0.25) is 0 Å². The molecular weight excluding hydrogens is 284 g/mol. The number of likely N-dealkylation sites (tertiary alicyclic amines) is 1. The van der Waals surface area contributed by atoms with E-state index in [4.69, 9.17) is 11.6 Å². The molecule has 2 atom stereocenters. The molecule has 2 N–H and O–H groups in total. The van der Waals surface area contributed by atoms with Crippen LogP contribution in [0, 0.1) is 0 Å². The van der Waals surface area contributed by atoms with Gasteiger partial charge in [0.05, 0.1) is 5.60 Å². The Bertz CT molecular complexity index is 450. The molecule has 1 aliphatic heterocycles. The topological polar surface area (TPSA) is 35.5 Å². The highest BCUT2D eigenvalue weighted by Gasteiger charge is 2.28. The van der Waals surface area contributed by atoms with Crippen molar-refractivity contribution in [1.82, 2.24) is 10.2 Å². The number of aliphatic hydroxyl groups is 1. The van der Waals surface area contributed by atoms with Gasteiger partial charge in [0, 0.05) is 24.2 Å². The molecule has 3 nitrogen and oxygen atoms in total. The van der Waals surface area contributed by atoms with Crippen LogP contribution in [0.1, 0.15) is 44.7 Å². The molecular formula is C17H27ClN2O. The van der Waals surface area contributed by atoms with E-state index in [1.807, 2.05) is 25.1 Å². The summed E-state index contributed by atoms with van der Waals surface area (Å²) in [7, 11) is 0. The number of β-amino-alcohol motifs (C(OH)–C–C–N with tert-alkyl or cyclic N) is 1. The first-order valence-electron chi connectivity index (χ1n) is 7.94. The first kappa shape index (κ1) is 16.8. The van der Waals surface area contributed by atoms with Crippen LogP contribution in [-0.4, -0.2) is 41.8 Å².